The third-order valence-electron chi connectivity index (χ3n) is 3.16. The molecule has 0 saturated heterocycles. The van der Waals surface area contributed by atoms with Gasteiger partial charge in [0.2, 0.25) is 5.91 Å². The molecular weight excluding hydrogens is 272 g/mol. The molecule has 0 rings (SSSR count). The van der Waals surface area contributed by atoms with Crippen molar-refractivity contribution < 1.29 is 14.4 Å². The van der Waals surface area contributed by atoms with E-state index in [0.717, 1.165) is 0 Å². The molecule has 120 valence electrons. The highest BCUT2D eigenvalue weighted by molar-refractivity contribution is 5.89. The van der Waals surface area contributed by atoms with E-state index in [0.29, 0.717) is 19.4 Å². The van der Waals surface area contributed by atoms with Gasteiger partial charge in [-0.2, -0.15) is 0 Å². The van der Waals surface area contributed by atoms with E-state index in [2.05, 4.69) is 16.0 Å². The predicted molar refractivity (Wildman–Crippen MR) is 80.9 cm³/mol. The molecule has 0 aliphatic heterocycles. The van der Waals surface area contributed by atoms with Crippen LogP contribution in [0.3, 0.4) is 0 Å². The first kappa shape index (κ1) is 19.1. The molecule has 0 aliphatic rings. The first-order chi connectivity index (χ1) is 9.83. The Kier molecular flexibility index (Phi) is 9.08. The van der Waals surface area contributed by atoms with Gasteiger partial charge in [0.25, 0.3) is 0 Å². The topological polar surface area (TPSA) is 113 Å². The van der Waals surface area contributed by atoms with Crippen LogP contribution in [0, 0.1) is 5.92 Å². The number of nitrogens with one attached hydrogen (secondary N) is 3. The van der Waals surface area contributed by atoms with Gasteiger partial charge in [0.15, 0.2) is 17.5 Å². The number of hydrogen-bond donors (Lipinski definition) is 4. The number of likely N-dealkylation sites (N-methyl/N-ethyl adjacent to an activating group) is 1. The lowest BCUT2D eigenvalue weighted by Crippen LogP contribution is -2.51. The van der Waals surface area contributed by atoms with E-state index in [9.17, 15) is 14.4 Å². The molecule has 0 radical (unpaired) electrons. The number of hydrogen-bond acceptors (Lipinski definition) is 6. The van der Waals surface area contributed by atoms with E-state index in [1.54, 1.807) is 7.05 Å². The highest BCUT2D eigenvalue weighted by Gasteiger charge is 2.24. The fourth-order valence-electron chi connectivity index (χ4n) is 1.97. The van der Waals surface area contributed by atoms with E-state index in [1.807, 2.05) is 13.8 Å². The van der Waals surface area contributed by atoms with Crippen LogP contribution in [0.2, 0.25) is 0 Å². The summed E-state index contributed by atoms with van der Waals surface area (Å²) in [5.74, 6) is 1.31. The molecule has 0 spiro atoms. The largest absolute Gasteiger partial charge is 0.376 e. The number of carbonyl (C=O) groups is 2. The molecule has 0 heterocycles. The molecule has 2 unspecified atom stereocenters. The standard InChI is InChI=1S/C14H26N4O3/c1-9(2)13(16-4)14(21)18-11(10(3)20)6-5-7-17-12(15)8-19/h9,11,13,16-17H,5-7,15H2,1-4H3,(H,18,21). The molecule has 0 fully saturated rings. The van der Waals surface area contributed by atoms with Gasteiger partial charge in [-0.1, -0.05) is 13.8 Å². The molecule has 0 aromatic heterocycles. The number of carbonyl (C=O) groups excluding carboxylic acids is 3. The van der Waals surface area contributed by atoms with Gasteiger partial charge < -0.3 is 21.7 Å². The fourth-order valence-corrected chi connectivity index (χ4v) is 1.97. The summed E-state index contributed by atoms with van der Waals surface area (Å²) in [4.78, 5) is 33.9. The molecule has 7 nitrogen and oxygen atoms in total. The van der Waals surface area contributed by atoms with Gasteiger partial charge in [-0.15, -0.1) is 0 Å². The lowest BCUT2D eigenvalue weighted by atomic mass is 10.0. The zero-order chi connectivity index (χ0) is 16.4. The Bertz CT molecular complexity index is 403. The Hall–Kier alpha value is -1.85. The molecule has 0 aliphatic carbocycles. The smallest absolute Gasteiger partial charge is 0.237 e. The molecule has 0 aromatic carbocycles. The van der Waals surface area contributed by atoms with Crippen molar-refractivity contribution in [3.63, 3.8) is 0 Å². The maximum Gasteiger partial charge on any atom is 0.237 e. The molecule has 0 aromatic rings. The summed E-state index contributed by atoms with van der Waals surface area (Å²) < 4.78 is 0. The highest BCUT2D eigenvalue weighted by Crippen LogP contribution is 2.04. The molecule has 1 amide bonds. The quantitative estimate of drug-likeness (QED) is 0.313. The van der Waals surface area contributed by atoms with E-state index >= 15 is 0 Å². The average molecular weight is 298 g/mol. The second-order valence-corrected chi connectivity index (χ2v) is 5.27. The lowest BCUT2D eigenvalue weighted by Gasteiger charge is -2.23. The highest BCUT2D eigenvalue weighted by atomic mass is 16.2. The zero-order valence-corrected chi connectivity index (χ0v) is 13.2. The maximum absolute atomic E-state index is 12.1. The second kappa shape index (κ2) is 9.96. The lowest BCUT2D eigenvalue weighted by molar-refractivity contribution is -0.129. The number of rotatable bonds is 10. The summed E-state index contributed by atoms with van der Waals surface area (Å²) in [6, 6.07) is -0.867. The van der Waals surface area contributed by atoms with Crippen molar-refractivity contribution in [3.8, 4) is 0 Å². The van der Waals surface area contributed by atoms with Crippen LogP contribution in [0.15, 0.2) is 5.82 Å². The molecular formula is C14H26N4O3. The molecule has 0 saturated carbocycles. The molecule has 21 heavy (non-hydrogen) atoms. The van der Waals surface area contributed by atoms with E-state index in [-0.39, 0.29) is 29.5 Å². The predicted octanol–water partition coefficient (Wildman–Crippen LogP) is -0.694. The fraction of sp³-hybridized carbons (Fsp3) is 0.714. The van der Waals surface area contributed by atoms with Crippen LogP contribution in [0.4, 0.5) is 0 Å². The summed E-state index contributed by atoms with van der Waals surface area (Å²) in [5, 5.41) is 8.36. The normalized spacial score (nSPS) is 13.2. The Balaban J connectivity index is 4.40. The van der Waals surface area contributed by atoms with Crippen molar-refractivity contribution in [1.29, 1.82) is 0 Å². The minimum absolute atomic E-state index is 0.0616. The number of nitrogens with two attached hydrogens (primary N) is 1. The van der Waals surface area contributed by atoms with Gasteiger partial charge in [-0.05, 0) is 32.7 Å². The van der Waals surface area contributed by atoms with E-state index in [4.69, 9.17) is 5.73 Å². The summed E-state index contributed by atoms with van der Waals surface area (Å²) in [6.45, 7) is 5.76. The van der Waals surface area contributed by atoms with Crippen LogP contribution in [0.5, 0.6) is 0 Å². The van der Waals surface area contributed by atoms with Crippen molar-refractivity contribution in [2.75, 3.05) is 13.6 Å². The molecule has 7 heteroatoms. The van der Waals surface area contributed by atoms with Gasteiger partial charge in [0, 0.05) is 6.54 Å². The third-order valence-corrected chi connectivity index (χ3v) is 3.16. The number of amides is 1. The molecule has 2 atom stereocenters. The minimum atomic E-state index is -0.532. The van der Waals surface area contributed by atoms with Crippen LogP contribution in [-0.4, -0.2) is 43.3 Å². The Morgan fingerprint density at radius 1 is 1.29 bits per heavy atom. The van der Waals surface area contributed by atoms with Crippen LogP contribution in [-0.2, 0) is 14.4 Å². The van der Waals surface area contributed by atoms with Gasteiger partial charge in [0.1, 0.15) is 0 Å². The van der Waals surface area contributed by atoms with Crippen LogP contribution in [0.1, 0.15) is 33.6 Å². The molecule has 5 N–H and O–H groups in total. The Labute approximate surface area is 125 Å². The van der Waals surface area contributed by atoms with Crippen molar-refractivity contribution in [1.82, 2.24) is 16.0 Å². The van der Waals surface area contributed by atoms with Crippen molar-refractivity contribution in [2.24, 2.45) is 11.7 Å². The maximum atomic E-state index is 12.1. The van der Waals surface area contributed by atoms with Crippen molar-refractivity contribution in [2.45, 2.75) is 45.7 Å². The van der Waals surface area contributed by atoms with Crippen LogP contribution in [0.25, 0.3) is 0 Å². The third kappa shape index (κ3) is 7.48. The monoisotopic (exact) mass is 298 g/mol. The van der Waals surface area contributed by atoms with Crippen LogP contribution < -0.4 is 21.7 Å². The van der Waals surface area contributed by atoms with Gasteiger partial charge in [-0.25, -0.2) is 4.79 Å². The van der Waals surface area contributed by atoms with E-state index < -0.39 is 6.04 Å². The summed E-state index contributed by atoms with van der Waals surface area (Å²) in [6.07, 6.45) is 1.08. The SMILES string of the molecule is CNC(C(=O)NC(CCCNC(N)=C=O)C(C)=O)C(C)C. The second-order valence-electron chi connectivity index (χ2n) is 5.27. The van der Waals surface area contributed by atoms with Crippen molar-refractivity contribution >= 4 is 17.6 Å². The van der Waals surface area contributed by atoms with Gasteiger partial charge in [0.05, 0.1) is 12.1 Å². The summed E-state index contributed by atoms with van der Waals surface area (Å²) in [5.41, 5.74) is 5.26. The Morgan fingerprint density at radius 2 is 1.90 bits per heavy atom. The number of ketones is 1. The summed E-state index contributed by atoms with van der Waals surface area (Å²) in [7, 11) is 1.71. The van der Waals surface area contributed by atoms with Crippen molar-refractivity contribution in [3.05, 3.63) is 5.82 Å². The first-order valence-corrected chi connectivity index (χ1v) is 7.06. The minimum Gasteiger partial charge on any atom is -0.376 e. The first-order valence-electron chi connectivity index (χ1n) is 7.06. The zero-order valence-electron chi connectivity index (χ0n) is 13.2. The molecule has 0 bridgehead atoms. The average Bonchev–Trinajstić information content (AvgIpc) is 2.41. The van der Waals surface area contributed by atoms with Gasteiger partial charge >= 0.3 is 0 Å². The Morgan fingerprint density at radius 3 is 2.33 bits per heavy atom. The number of Topliss-reactive ketones (excluding diaryl/α,β-unsaturated/α-hetero) is 1. The van der Waals surface area contributed by atoms with Gasteiger partial charge in [-0.3, -0.25) is 9.59 Å². The van der Waals surface area contributed by atoms with Crippen LogP contribution >= 0.6 is 0 Å². The summed E-state index contributed by atoms with van der Waals surface area (Å²) >= 11 is 0. The van der Waals surface area contributed by atoms with E-state index in [1.165, 1.54) is 12.9 Å².